The van der Waals surface area contributed by atoms with Gasteiger partial charge in [-0.05, 0) is 44.2 Å². The largest absolute Gasteiger partial charge is 0.355 e. The van der Waals surface area contributed by atoms with E-state index in [0.29, 0.717) is 26.8 Å². The molecule has 0 atom stereocenters. The Bertz CT molecular complexity index is 972. The maximum atomic E-state index is 12.6. The molecule has 0 aliphatic heterocycles. The number of sulfonamides is 1. The molecule has 8 heteroatoms. The summed E-state index contributed by atoms with van der Waals surface area (Å²) in [6, 6.07) is 9.53. The fraction of sp³-hybridized carbons (Fsp3) is 0.125. The second-order valence-corrected chi connectivity index (χ2v) is 8.05. The molecule has 0 bridgehead atoms. The summed E-state index contributed by atoms with van der Waals surface area (Å²) in [5.41, 5.74) is 0.920. The molecule has 3 aromatic rings. The molecule has 1 aromatic carbocycles. The van der Waals surface area contributed by atoms with Crippen LogP contribution in [-0.4, -0.2) is 19.4 Å². The summed E-state index contributed by atoms with van der Waals surface area (Å²) in [6.45, 7) is 3.19. The summed E-state index contributed by atoms with van der Waals surface area (Å²) >= 11 is 1.32. The van der Waals surface area contributed by atoms with Crippen LogP contribution >= 0.6 is 11.3 Å². The van der Waals surface area contributed by atoms with Crippen molar-refractivity contribution in [3.63, 3.8) is 0 Å². The molecule has 0 radical (unpaired) electrons. The lowest BCUT2D eigenvalue weighted by molar-refractivity contribution is 0.101. The Kier molecular flexibility index (Phi) is 4.25. The van der Waals surface area contributed by atoms with E-state index in [1.54, 1.807) is 43.3 Å². The van der Waals surface area contributed by atoms with Gasteiger partial charge < -0.3 is 4.52 Å². The van der Waals surface area contributed by atoms with Crippen LogP contribution in [-0.2, 0) is 10.0 Å². The number of carbonyl (C=O) groups is 1. The van der Waals surface area contributed by atoms with Gasteiger partial charge in [0, 0.05) is 22.2 Å². The molecular weight excluding hydrogens is 348 g/mol. The van der Waals surface area contributed by atoms with Crippen LogP contribution in [0.3, 0.4) is 0 Å². The van der Waals surface area contributed by atoms with E-state index in [9.17, 15) is 13.2 Å². The van der Waals surface area contributed by atoms with Crippen LogP contribution in [0, 0.1) is 6.92 Å². The minimum Gasteiger partial charge on any atom is -0.355 e. The number of hydrogen-bond donors (Lipinski definition) is 1. The first kappa shape index (κ1) is 16.4. The van der Waals surface area contributed by atoms with Gasteiger partial charge >= 0.3 is 0 Å². The fourth-order valence-electron chi connectivity index (χ4n) is 2.18. The van der Waals surface area contributed by atoms with Gasteiger partial charge in [0.25, 0.3) is 10.0 Å². The number of nitrogens with one attached hydrogen (secondary N) is 1. The molecule has 24 heavy (non-hydrogen) atoms. The molecule has 2 heterocycles. The van der Waals surface area contributed by atoms with Crippen molar-refractivity contribution in [3.8, 4) is 10.6 Å². The number of Topliss-reactive ketones (excluding diaryl/α,β-unsaturated/α-hetero) is 1. The lowest BCUT2D eigenvalue weighted by atomic mass is 10.1. The Morgan fingerprint density at radius 3 is 2.50 bits per heavy atom. The molecule has 1 N–H and O–H groups in total. The zero-order valence-electron chi connectivity index (χ0n) is 12.9. The minimum absolute atomic E-state index is 0.0743. The van der Waals surface area contributed by atoms with E-state index >= 15 is 0 Å². The Labute approximate surface area is 143 Å². The van der Waals surface area contributed by atoms with E-state index in [1.165, 1.54) is 24.5 Å². The molecule has 124 valence electrons. The highest BCUT2D eigenvalue weighted by Crippen LogP contribution is 2.34. The smallest absolute Gasteiger partial charge is 0.263 e. The second kappa shape index (κ2) is 6.21. The molecule has 6 nitrogen and oxygen atoms in total. The van der Waals surface area contributed by atoms with Gasteiger partial charge in [-0.1, -0.05) is 5.16 Å². The van der Waals surface area contributed by atoms with Crippen LogP contribution in [0.25, 0.3) is 10.6 Å². The first-order valence-electron chi connectivity index (χ1n) is 7.02. The number of nitrogens with zero attached hydrogens (tertiary/aromatic N) is 1. The number of hydrogen-bond acceptors (Lipinski definition) is 6. The molecular formula is C16H14N2O4S2. The highest BCUT2D eigenvalue weighted by atomic mass is 32.2. The lowest BCUT2D eigenvalue weighted by Crippen LogP contribution is -2.13. The maximum absolute atomic E-state index is 12.6. The first-order chi connectivity index (χ1) is 11.4. The van der Waals surface area contributed by atoms with Crippen LogP contribution < -0.4 is 4.72 Å². The van der Waals surface area contributed by atoms with E-state index in [0.717, 1.165) is 0 Å². The second-order valence-electron chi connectivity index (χ2n) is 5.15. The third-order valence-corrected chi connectivity index (χ3v) is 6.09. The van der Waals surface area contributed by atoms with Crippen molar-refractivity contribution < 1.29 is 17.7 Å². The van der Waals surface area contributed by atoms with Crippen molar-refractivity contribution in [2.75, 3.05) is 4.72 Å². The van der Waals surface area contributed by atoms with Gasteiger partial charge in [0.15, 0.2) is 11.5 Å². The number of benzene rings is 1. The van der Waals surface area contributed by atoms with Gasteiger partial charge in [-0.2, -0.15) is 0 Å². The van der Waals surface area contributed by atoms with Crippen LogP contribution in [0.15, 0.2) is 52.0 Å². The monoisotopic (exact) mass is 362 g/mol. The van der Waals surface area contributed by atoms with Crippen molar-refractivity contribution in [2.45, 2.75) is 18.7 Å². The molecule has 0 unspecified atom stereocenters. The summed E-state index contributed by atoms with van der Waals surface area (Å²) in [7, 11) is -3.73. The van der Waals surface area contributed by atoms with Crippen molar-refractivity contribution in [1.82, 2.24) is 5.16 Å². The highest BCUT2D eigenvalue weighted by Gasteiger charge is 2.21. The Balaban J connectivity index is 1.89. The number of aryl methyl sites for hydroxylation is 1. The Morgan fingerprint density at radius 1 is 1.21 bits per heavy atom. The predicted molar refractivity (Wildman–Crippen MR) is 91.8 cm³/mol. The Hall–Kier alpha value is -2.45. The number of ketones is 1. The number of rotatable bonds is 5. The average Bonchev–Trinajstić information content (AvgIpc) is 3.16. The van der Waals surface area contributed by atoms with Gasteiger partial charge in [-0.3, -0.25) is 9.52 Å². The zero-order chi connectivity index (χ0) is 17.3. The summed E-state index contributed by atoms with van der Waals surface area (Å²) in [6.07, 6.45) is 1.51. The van der Waals surface area contributed by atoms with Crippen LogP contribution in [0.4, 0.5) is 5.69 Å². The zero-order valence-corrected chi connectivity index (χ0v) is 14.6. The van der Waals surface area contributed by atoms with Crippen molar-refractivity contribution in [2.24, 2.45) is 0 Å². The van der Waals surface area contributed by atoms with Crippen molar-refractivity contribution in [3.05, 3.63) is 53.0 Å². The van der Waals surface area contributed by atoms with Gasteiger partial charge in [-0.25, -0.2) is 8.42 Å². The molecule has 0 amide bonds. The molecule has 0 saturated carbocycles. The van der Waals surface area contributed by atoms with Crippen LogP contribution in [0.5, 0.6) is 0 Å². The molecule has 3 rings (SSSR count). The quantitative estimate of drug-likeness (QED) is 0.699. The Morgan fingerprint density at radius 2 is 1.92 bits per heavy atom. The van der Waals surface area contributed by atoms with E-state index in [1.807, 2.05) is 0 Å². The highest BCUT2D eigenvalue weighted by molar-refractivity contribution is 7.93. The fourth-order valence-corrected chi connectivity index (χ4v) is 4.79. The van der Waals surface area contributed by atoms with E-state index in [-0.39, 0.29) is 10.7 Å². The van der Waals surface area contributed by atoms with Gasteiger partial charge in [-0.15, -0.1) is 11.3 Å². The molecule has 0 aliphatic carbocycles. The summed E-state index contributed by atoms with van der Waals surface area (Å²) in [5.74, 6) is 0.449. The normalized spacial score (nSPS) is 11.4. The van der Waals surface area contributed by atoms with Gasteiger partial charge in [0.1, 0.15) is 4.90 Å². The van der Waals surface area contributed by atoms with E-state index in [4.69, 9.17) is 4.52 Å². The lowest BCUT2D eigenvalue weighted by Gasteiger charge is -2.08. The van der Waals surface area contributed by atoms with Crippen molar-refractivity contribution in [1.29, 1.82) is 0 Å². The molecule has 2 aromatic heterocycles. The number of carbonyl (C=O) groups excluding carboxylic acids is 1. The van der Waals surface area contributed by atoms with Crippen LogP contribution in [0.1, 0.15) is 22.2 Å². The third kappa shape index (κ3) is 3.24. The van der Waals surface area contributed by atoms with Crippen molar-refractivity contribution >= 4 is 32.8 Å². The first-order valence-corrected chi connectivity index (χ1v) is 9.32. The predicted octanol–water partition coefficient (Wildman–Crippen LogP) is 3.71. The van der Waals surface area contributed by atoms with E-state index in [2.05, 4.69) is 9.88 Å². The number of thiophene rings is 1. The molecule has 0 spiro atoms. The SMILES string of the molecule is CC(=O)c1ccc(NS(=O)(=O)c2cc(-c3ccno3)sc2C)cc1. The van der Waals surface area contributed by atoms with E-state index < -0.39 is 10.0 Å². The summed E-state index contributed by atoms with van der Waals surface area (Å²) in [4.78, 5) is 12.8. The summed E-state index contributed by atoms with van der Waals surface area (Å²) < 4.78 is 32.8. The number of anilines is 1. The van der Waals surface area contributed by atoms with Crippen LogP contribution in [0.2, 0.25) is 0 Å². The average molecular weight is 362 g/mol. The maximum Gasteiger partial charge on any atom is 0.263 e. The third-order valence-electron chi connectivity index (χ3n) is 3.39. The topological polar surface area (TPSA) is 89.3 Å². The number of aromatic nitrogens is 1. The minimum atomic E-state index is -3.73. The van der Waals surface area contributed by atoms with Gasteiger partial charge in [0.2, 0.25) is 0 Å². The molecule has 0 aliphatic rings. The van der Waals surface area contributed by atoms with Gasteiger partial charge in [0.05, 0.1) is 11.1 Å². The molecule has 0 saturated heterocycles. The summed E-state index contributed by atoms with van der Waals surface area (Å²) in [5, 5.41) is 3.63. The molecule has 0 fully saturated rings. The standard InChI is InChI=1S/C16H14N2O4S2/c1-10(19)12-3-5-13(6-4-12)18-24(20,21)16-9-15(23-11(16)2)14-7-8-17-22-14/h3-9,18H,1-2H3.